The highest BCUT2D eigenvalue weighted by atomic mass is 35.5. The van der Waals surface area contributed by atoms with E-state index in [1.807, 2.05) is 4.90 Å². The van der Waals surface area contributed by atoms with Gasteiger partial charge in [-0.3, -0.25) is 14.5 Å². The molecule has 0 spiro atoms. The van der Waals surface area contributed by atoms with Crippen molar-refractivity contribution in [3.8, 4) is 0 Å². The van der Waals surface area contributed by atoms with Crippen molar-refractivity contribution in [3.63, 3.8) is 0 Å². The van der Waals surface area contributed by atoms with E-state index < -0.39 is 5.97 Å². The van der Waals surface area contributed by atoms with Gasteiger partial charge in [-0.05, 0) is 40.2 Å². The highest BCUT2D eigenvalue weighted by Gasteiger charge is 2.29. The molecule has 0 aromatic carbocycles. The summed E-state index contributed by atoms with van der Waals surface area (Å²) in [6.07, 6.45) is 3.39. The van der Waals surface area contributed by atoms with Crippen molar-refractivity contribution in [3.05, 3.63) is 0 Å². The third kappa shape index (κ3) is 5.78. The van der Waals surface area contributed by atoms with Gasteiger partial charge in [0.2, 0.25) is 5.91 Å². The molecule has 6 heteroatoms. The average Bonchev–Trinajstić information content (AvgIpc) is 2.26. The second-order valence-electron chi connectivity index (χ2n) is 5.31. The van der Waals surface area contributed by atoms with Crippen LogP contribution in [0.2, 0.25) is 0 Å². The molecule has 1 aliphatic rings. The normalized spacial score (nSPS) is 23.1. The predicted molar refractivity (Wildman–Crippen MR) is 76.6 cm³/mol. The van der Waals surface area contributed by atoms with Gasteiger partial charge in [0.05, 0.1) is 13.0 Å². The summed E-state index contributed by atoms with van der Waals surface area (Å²) in [6.45, 7) is 4.90. The molecular weight excluding hydrogens is 268 g/mol. The first-order chi connectivity index (χ1) is 8.41. The molecule has 1 heterocycles. The average molecular weight is 293 g/mol. The van der Waals surface area contributed by atoms with Crippen molar-refractivity contribution in [2.75, 3.05) is 20.1 Å². The van der Waals surface area contributed by atoms with Crippen LogP contribution in [-0.2, 0) is 9.59 Å². The van der Waals surface area contributed by atoms with E-state index in [9.17, 15) is 9.59 Å². The minimum absolute atomic E-state index is 0. The van der Waals surface area contributed by atoms with Crippen molar-refractivity contribution in [2.45, 2.75) is 51.6 Å². The van der Waals surface area contributed by atoms with Gasteiger partial charge in [0.15, 0.2) is 0 Å². The third-order valence-corrected chi connectivity index (χ3v) is 3.59. The van der Waals surface area contributed by atoms with Crippen molar-refractivity contribution in [1.29, 1.82) is 0 Å². The summed E-state index contributed by atoms with van der Waals surface area (Å²) in [7, 11) is 1.79. The van der Waals surface area contributed by atoms with Gasteiger partial charge >= 0.3 is 5.97 Å². The first-order valence-corrected chi connectivity index (χ1v) is 6.63. The Morgan fingerprint density at radius 2 is 1.79 bits per heavy atom. The Morgan fingerprint density at radius 1 is 1.26 bits per heavy atom. The molecule has 1 N–H and O–H groups in total. The lowest BCUT2D eigenvalue weighted by molar-refractivity contribution is -0.140. The maximum absolute atomic E-state index is 12.2. The first-order valence-electron chi connectivity index (χ1n) is 6.63. The molecule has 1 rings (SSSR count). The van der Waals surface area contributed by atoms with E-state index in [1.165, 1.54) is 6.42 Å². The molecule has 0 aromatic rings. The van der Waals surface area contributed by atoms with Crippen LogP contribution in [0.15, 0.2) is 0 Å². The molecule has 1 saturated heterocycles. The fraction of sp³-hybridized carbons (Fsp3) is 0.846. The van der Waals surface area contributed by atoms with Gasteiger partial charge in [0.25, 0.3) is 0 Å². The van der Waals surface area contributed by atoms with Crippen molar-refractivity contribution < 1.29 is 14.7 Å². The number of carboxylic acid groups (broad SMARTS) is 1. The lowest BCUT2D eigenvalue weighted by Crippen LogP contribution is -2.50. The minimum atomic E-state index is -0.825. The molecule has 1 aliphatic heterocycles. The summed E-state index contributed by atoms with van der Waals surface area (Å²) in [5, 5.41) is 8.61. The third-order valence-electron chi connectivity index (χ3n) is 3.59. The molecule has 19 heavy (non-hydrogen) atoms. The lowest BCUT2D eigenvalue weighted by atomic mass is 9.97. The van der Waals surface area contributed by atoms with Crippen molar-refractivity contribution in [2.24, 2.45) is 0 Å². The summed E-state index contributed by atoms with van der Waals surface area (Å²) in [5.74, 6) is -0.711. The maximum atomic E-state index is 12.2. The number of likely N-dealkylation sites (N-methyl/N-ethyl adjacent to an activating group) is 1. The predicted octanol–water partition coefficient (Wildman–Crippen LogP) is 1.60. The van der Waals surface area contributed by atoms with Crippen LogP contribution in [-0.4, -0.2) is 59.0 Å². The van der Waals surface area contributed by atoms with Crippen molar-refractivity contribution >= 4 is 24.3 Å². The van der Waals surface area contributed by atoms with E-state index in [-0.39, 0.29) is 24.7 Å². The molecule has 0 aliphatic carbocycles. The minimum Gasteiger partial charge on any atom is -0.481 e. The highest BCUT2D eigenvalue weighted by molar-refractivity contribution is 5.85. The number of piperidine rings is 1. The number of carbonyl (C=O) groups is 2. The highest BCUT2D eigenvalue weighted by Crippen LogP contribution is 2.22. The zero-order chi connectivity index (χ0) is 13.7. The number of amides is 1. The van der Waals surface area contributed by atoms with Crippen LogP contribution in [0.3, 0.4) is 0 Å². The monoisotopic (exact) mass is 292 g/mol. The van der Waals surface area contributed by atoms with Gasteiger partial charge in [0.1, 0.15) is 0 Å². The zero-order valence-electron chi connectivity index (χ0n) is 12.0. The van der Waals surface area contributed by atoms with E-state index in [0.717, 1.165) is 12.8 Å². The fourth-order valence-electron chi connectivity index (χ4n) is 2.59. The first kappa shape index (κ1) is 18.2. The Balaban J connectivity index is 0.00000324. The topological polar surface area (TPSA) is 60.9 Å². The van der Waals surface area contributed by atoms with Crippen LogP contribution in [0.25, 0.3) is 0 Å². The van der Waals surface area contributed by atoms with E-state index in [2.05, 4.69) is 13.8 Å². The number of halogens is 1. The number of rotatable bonds is 5. The molecule has 2 atom stereocenters. The molecule has 0 radical (unpaired) electrons. The molecule has 0 saturated carbocycles. The van der Waals surface area contributed by atoms with Crippen LogP contribution in [0.5, 0.6) is 0 Å². The fourth-order valence-corrected chi connectivity index (χ4v) is 2.59. The summed E-state index contributed by atoms with van der Waals surface area (Å²) in [6, 6.07) is 0.600. The second-order valence-corrected chi connectivity index (χ2v) is 5.31. The summed E-state index contributed by atoms with van der Waals surface area (Å²) >= 11 is 0. The van der Waals surface area contributed by atoms with Crippen LogP contribution < -0.4 is 0 Å². The molecule has 5 nitrogen and oxygen atoms in total. The van der Waals surface area contributed by atoms with Crippen LogP contribution in [0.1, 0.15) is 39.5 Å². The van der Waals surface area contributed by atoms with Crippen molar-refractivity contribution in [1.82, 2.24) is 9.80 Å². The largest absolute Gasteiger partial charge is 0.481 e. The van der Waals surface area contributed by atoms with E-state index in [0.29, 0.717) is 25.2 Å². The number of hydrogen-bond donors (Lipinski definition) is 1. The smallest absolute Gasteiger partial charge is 0.304 e. The van der Waals surface area contributed by atoms with Crippen LogP contribution in [0.4, 0.5) is 0 Å². The van der Waals surface area contributed by atoms with Gasteiger partial charge in [-0.2, -0.15) is 0 Å². The van der Waals surface area contributed by atoms with E-state index >= 15 is 0 Å². The van der Waals surface area contributed by atoms with Gasteiger partial charge in [-0.15, -0.1) is 12.4 Å². The lowest BCUT2D eigenvalue weighted by Gasteiger charge is -2.39. The number of carbonyl (C=O) groups excluding carboxylic acids is 1. The summed E-state index contributed by atoms with van der Waals surface area (Å²) in [4.78, 5) is 26.4. The number of hydrogen-bond acceptors (Lipinski definition) is 3. The SMILES string of the molecule is CC1CCCC(C)N1C(=O)CN(C)CCC(=O)O.Cl. The Hall–Kier alpha value is -0.810. The summed E-state index contributed by atoms with van der Waals surface area (Å²) < 4.78 is 0. The van der Waals surface area contributed by atoms with Crippen LogP contribution in [0, 0.1) is 0 Å². The van der Waals surface area contributed by atoms with E-state index in [4.69, 9.17) is 5.11 Å². The number of aliphatic carboxylic acids is 1. The standard InChI is InChI=1S/C13H24N2O3.ClH/c1-10-5-4-6-11(2)15(10)12(16)9-14(3)8-7-13(17)18;/h10-11H,4-9H2,1-3H3,(H,17,18);1H. The second kappa shape index (κ2) is 8.38. The maximum Gasteiger partial charge on any atom is 0.304 e. The molecule has 2 unspecified atom stereocenters. The van der Waals surface area contributed by atoms with Gasteiger partial charge < -0.3 is 10.0 Å². The molecule has 1 amide bonds. The zero-order valence-corrected chi connectivity index (χ0v) is 12.8. The molecule has 1 fully saturated rings. The van der Waals surface area contributed by atoms with Gasteiger partial charge in [-0.1, -0.05) is 0 Å². The Morgan fingerprint density at radius 3 is 2.26 bits per heavy atom. The number of nitrogens with zero attached hydrogens (tertiary/aromatic N) is 2. The van der Waals surface area contributed by atoms with Gasteiger partial charge in [0, 0.05) is 18.6 Å². The quantitative estimate of drug-likeness (QED) is 0.836. The van der Waals surface area contributed by atoms with Gasteiger partial charge in [-0.25, -0.2) is 0 Å². The molecule has 112 valence electrons. The Labute approximate surface area is 121 Å². The van der Waals surface area contributed by atoms with Crippen LogP contribution >= 0.6 is 12.4 Å². The molecular formula is C13H25ClN2O3. The molecule has 0 aromatic heterocycles. The Bertz CT molecular complexity index is 302. The Kier molecular flexibility index (Phi) is 8.02. The molecule has 0 bridgehead atoms. The number of likely N-dealkylation sites (tertiary alicyclic amines) is 1. The van der Waals surface area contributed by atoms with E-state index in [1.54, 1.807) is 11.9 Å². The summed E-state index contributed by atoms with van der Waals surface area (Å²) in [5.41, 5.74) is 0. The number of carboxylic acids is 1.